The largest absolute Gasteiger partial charge is 0.508 e. The number of carbonyl (C=O) groups excluding carboxylic acids is 1. The number of aromatic hydroxyl groups is 2. The zero-order valence-electron chi connectivity index (χ0n) is 13.1. The second-order valence-corrected chi connectivity index (χ2v) is 7.70. The fourth-order valence-electron chi connectivity index (χ4n) is 2.68. The highest BCUT2D eigenvalue weighted by Crippen LogP contribution is 2.25. The third-order valence-electron chi connectivity index (χ3n) is 3.92. The number of benzene rings is 2. The second kappa shape index (κ2) is 6.05. The number of rotatable bonds is 2. The molecular weight excluding hydrogens is 372 g/mol. The first-order valence-corrected chi connectivity index (χ1v) is 9.14. The molecule has 2 heterocycles. The van der Waals surface area contributed by atoms with Gasteiger partial charge in [-0.3, -0.25) is 14.4 Å². The van der Waals surface area contributed by atoms with Gasteiger partial charge in [0.15, 0.2) is 0 Å². The highest BCUT2D eigenvalue weighted by atomic mass is 32.1. The van der Waals surface area contributed by atoms with Crippen molar-refractivity contribution >= 4 is 48.6 Å². The number of hydrogen-bond donors (Lipinski definition) is 2. The molecule has 128 valence electrons. The predicted octanol–water partition coefficient (Wildman–Crippen LogP) is 3.48. The van der Waals surface area contributed by atoms with Gasteiger partial charge in [0.2, 0.25) is 15.3 Å². The lowest BCUT2D eigenvalue weighted by molar-refractivity contribution is 0.103. The van der Waals surface area contributed by atoms with Crippen LogP contribution in [-0.2, 0) is 0 Å². The normalized spacial score (nSPS) is 11.1. The molecule has 2 aromatic carbocycles. The summed E-state index contributed by atoms with van der Waals surface area (Å²) in [6.45, 7) is 0. The second-order valence-electron chi connectivity index (χ2n) is 5.67. The van der Waals surface area contributed by atoms with Gasteiger partial charge in [0.05, 0.1) is 11.1 Å². The lowest BCUT2D eigenvalue weighted by atomic mass is 10.1. The molecule has 0 unspecified atom stereocenters. The minimum absolute atomic E-state index is 0.0228. The van der Waals surface area contributed by atoms with Crippen molar-refractivity contribution < 1.29 is 15.0 Å². The van der Waals surface area contributed by atoms with Crippen LogP contribution in [0.3, 0.4) is 0 Å². The van der Waals surface area contributed by atoms with E-state index in [1.54, 1.807) is 12.1 Å². The molecule has 0 aliphatic carbocycles. The number of fused-ring (bicyclic) bond motifs is 2. The highest BCUT2D eigenvalue weighted by Gasteiger charge is 2.19. The van der Waals surface area contributed by atoms with E-state index in [2.05, 4.69) is 0 Å². The summed E-state index contributed by atoms with van der Waals surface area (Å²) in [7, 11) is 0. The third-order valence-corrected chi connectivity index (χ3v) is 5.91. The van der Waals surface area contributed by atoms with Crippen molar-refractivity contribution in [1.82, 2.24) is 0 Å². The summed E-state index contributed by atoms with van der Waals surface area (Å²) < 4.78 is 0.373. The molecule has 0 saturated carbocycles. The number of carbonyl (C=O) groups is 1. The Morgan fingerprint density at radius 1 is 0.692 bits per heavy atom. The summed E-state index contributed by atoms with van der Waals surface area (Å²) in [5.74, 6) is -0.618. The van der Waals surface area contributed by atoms with E-state index >= 15 is 0 Å². The van der Waals surface area contributed by atoms with Crippen molar-refractivity contribution in [1.29, 1.82) is 0 Å². The third kappa shape index (κ3) is 2.77. The molecule has 7 heteroatoms. The number of hydrogen-bond acceptors (Lipinski definition) is 7. The maximum atomic E-state index is 12.8. The number of phenols is 2. The quantitative estimate of drug-likeness (QED) is 0.518. The zero-order valence-corrected chi connectivity index (χ0v) is 14.7. The van der Waals surface area contributed by atoms with Crippen LogP contribution >= 0.6 is 22.7 Å². The molecule has 0 saturated heterocycles. The van der Waals surface area contributed by atoms with E-state index in [1.807, 2.05) is 0 Å². The fraction of sp³-hybridized carbons (Fsp3) is 0. The zero-order chi connectivity index (χ0) is 18.4. The molecule has 2 N–H and O–H groups in total. The molecule has 0 spiro atoms. The van der Waals surface area contributed by atoms with Crippen LogP contribution in [0.4, 0.5) is 0 Å². The molecule has 4 rings (SSSR count). The van der Waals surface area contributed by atoms with Gasteiger partial charge in [0.25, 0.3) is 0 Å². The lowest BCUT2D eigenvalue weighted by Gasteiger charge is -2.04. The molecular formula is C19H10O5S2. The Morgan fingerprint density at radius 3 is 1.54 bits per heavy atom. The van der Waals surface area contributed by atoms with E-state index in [4.69, 9.17) is 0 Å². The molecule has 0 atom stereocenters. The van der Waals surface area contributed by atoms with Gasteiger partial charge >= 0.3 is 0 Å². The summed E-state index contributed by atoms with van der Waals surface area (Å²) >= 11 is 1.77. The van der Waals surface area contributed by atoms with E-state index in [-0.39, 0.29) is 22.6 Å². The lowest BCUT2D eigenvalue weighted by Crippen LogP contribution is -2.18. The van der Waals surface area contributed by atoms with E-state index in [0.717, 1.165) is 22.7 Å². The Labute approximate surface area is 154 Å². The minimum Gasteiger partial charge on any atom is -0.508 e. The van der Waals surface area contributed by atoms with Gasteiger partial charge in [0.1, 0.15) is 11.5 Å². The summed E-state index contributed by atoms with van der Waals surface area (Å²) in [5, 5.41) is 20.3. The van der Waals surface area contributed by atoms with Crippen LogP contribution in [0, 0.1) is 0 Å². The predicted molar refractivity (Wildman–Crippen MR) is 103 cm³/mol. The highest BCUT2D eigenvalue weighted by molar-refractivity contribution is 7.17. The number of ketones is 1. The Hall–Kier alpha value is -3.03. The van der Waals surface area contributed by atoms with E-state index in [9.17, 15) is 24.6 Å². The van der Waals surface area contributed by atoms with Crippen molar-refractivity contribution in [2.24, 2.45) is 0 Å². The first-order valence-electron chi connectivity index (χ1n) is 7.51. The summed E-state index contributed by atoms with van der Waals surface area (Å²) in [6, 6.07) is 11.8. The monoisotopic (exact) mass is 382 g/mol. The Morgan fingerprint density at radius 2 is 1.12 bits per heavy atom. The van der Waals surface area contributed by atoms with E-state index < -0.39 is 15.3 Å². The Kier molecular flexibility index (Phi) is 3.82. The van der Waals surface area contributed by atoms with Crippen LogP contribution in [0.5, 0.6) is 11.5 Å². The molecule has 0 aliphatic rings. The van der Waals surface area contributed by atoms with Crippen LogP contribution in [0.2, 0.25) is 0 Å². The maximum Gasteiger partial charge on any atom is 0.244 e. The van der Waals surface area contributed by atoms with Gasteiger partial charge in [-0.25, -0.2) is 0 Å². The molecule has 4 aromatic rings. The topological polar surface area (TPSA) is 91.7 Å². The van der Waals surface area contributed by atoms with Crippen LogP contribution in [0.15, 0.2) is 58.1 Å². The SMILES string of the molecule is O=C(c1cc2cc(O)ccc2sc1=O)c1cc2cc(O)ccc2sc1=O. The maximum absolute atomic E-state index is 12.8. The van der Waals surface area contributed by atoms with Gasteiger partial charge in [-0.05, 0) is 59.3 Å². The van der Waals surface area contributed by atoms with Gasteiger partial charge in [-0.15, -0.1) is 0 Å². The first-order chi connectivity index (χ1) is 12.4. The molecule has 0 fully saturated rings. The van der Waals surface area contributed by atoms with Crippen LogP contribution in [0.1, 0.15) is 15.9 Å². The summed E-state index contributed by atoms with van der Waals surface area (Å²) in [6.07, 6.45) is 0. The molecule has 0 amide bonds. The summed E-state index contributed by atoms with van der Waals surface area (Å²) in [4.78, 5) is 37.6. The van der Waals surface area contributed by atoms with Crippen LogP contribution in [0.25, 0.3) is 20.2 Å². The fourth-order valence-corrected chi connectivity index (χ4v) is 4.35. The van der Waals surface area contributed by atoms with Crippen LogP contribution in [-0.4, -0.2) is 16.0 Å². The van der Waals surface area contributed by atoms with Gasteiger partial charge < -0.3 is 10.2 Å². The van der Waals surface area contributed by atoms with Crippen molar-refractivity contribution in [3.05, 3.63) is 78.7 Å². The van der Waals surface area contributed by atoms with Gasteiger partial charge in [0, 0.05) is 9.40 Å². The van der Waals surface area contributed by atoms with Crippen molar-refractivity contribution in [3.63, 3.8) is 0 Å². The molecule has 0 radical (unpaired) electrons. The molecule has 2 aromatic heterocycles. The smallest absolute Gasteiger partial charge is 0.244 e. The average molecular weight is 382 g/mol. The molecule has 5 nitrogen and oxygen atoms in total. The standard InChI is InChI=1S/C19H10O5S2/c20-11-1-3-15-9(5-11)7-13(18(23)25-15)17(22)14-8-10-6-12(21)2-4-16(10)26-19(14)24/h1-8,20-21H. The van der Waals surface area contributed by atoms with Gasteiger partial charge in [-0.2, -0.15) is 0 Å². The average Bonchev–Trinajstić information content (AvgIpc) is 2.60. The first kappa shape index (κ1) is 16.4. The van der Waals surface area contributed by atoms with Crippen molar-refractivity contribution in [2.75, 3.05) is 0 Å². The number of phenolic OH excluding ortho intramolecular Hbond substituents is 2. The van der Waals surface area contributed by atoms with Crippen LogP contribution < -0.4 is 9.48 Å². The Balaban J connectivity index is 1.92. The van der Waals surface area contributed by atoms with E-state index in [1.165, 1.54) is 36.4 Å². The molecule has 0 aliphatic heterocycles. The van der Waals surface area contributed by atoms with Crippen molar-refractivity contribution in [3.8, 4) is 11.5 Å². The minimum atomic E-state index is -0.664. The Bertz CT molecular complexity index is 1220. The molecule has 0 bridgehead atoms. The molecule has 26 heavy (non-hydrogen) atoms. The summed E-state index contributed by atoms with van der Waals surface area (Å²) in [5.41, 5.74) is -0.228. The van der Waals surface area contributed by atoms with Gasteiger partial charge in [-0.1, -0.05) is 22.7 Å². The van der Waals surface area contributed by atoms with Crippen molar-refractivity contribution in [2.45, 2.75) is 0 Å². The van der Waals surface area contributed by atoms with E-state index in [0.29, 0.717) is 20.2 Å².